The fourth-order valence-corrected chi connectivity index (χ4v) is 0.896. The van der Waals surface area contributed by atoms with E-state index in [1.165, 1.54) is 11.3 Å². The average molecular weight is 138 g/mol. The predicted molar refractivity (Wildman–Crippen MR) is 34.5 cm³/mol. The highest BCUT2D eigenvalue weighted by atomic mass is 32.1. The molecule has 3 heteroatoms. The quantitative estimate of drug-likeness (QED) is 0.574. The Hall–Kier alpha value is -0.830. The SMILES string of the molecule is [c]1nc(OC2C=C2)cs1. The summed E-state index contributed by atoms with van der Waals surface area (Å²) in [6.07, 6.45) is 4.15. The van der Waals surface area contributed by atoms with Crippen molar-refractivity contribution in [3.8, 4) is 5.88 Å². The molecule has 0 unspecified atom stereocenters. The summed E-state index contributed by atoms with van der Waals surface area (Å²) < 4.78 is 5.22. The van der Waals surface area contributed by atoms with E-state index in [0.717, 1.165) is 0 Å². The van der Waals surface area contributed by atoms with E-state index in [9.17, 15) is 0 Å². The van der Waals surface area contributed by atoms with Crippen LogP contribution in [0.25, 0.3) is 0 Å². The molecule has 0 fully saturated rings. The minimum Gasteiger partial charge on any atom is -0.465 e. The smallest absolute Gasteiger partial charge is 0.225 e. The lowest BCUT2D eigenvalue weighted by molar-refractivity contribution is 0.315. The normalized spacial score (nSPS) is 16.0. The lowest BCUT2D eigenvalue weighted by Gasteiger charge is -1.95. The molecular formula is C6H4NOS. The first-order valence-corrected chi connectivity index (χ1v) is 3.50. The number of thiazole rings is 1. The Bertz CT molecular complexity index is 211. The first-order chi connectivity index (χ1) is 4.45. The molecule has 1 aliphatic rings. The summed E-state index contributed by atoms with van der Waals surface area (Å²) in [5.74, 6) is 0.676. The van der Waals surface area contributed by atoms with E-state index in [-0.39, 0.29) is 6.10 Å². The van der Waals surface area contributed by atoms with E-state index in [1.54, 1.807) is 0 Å². The standard InChI is InChI=1S/C6H4NOS/c1-2-5(1)8-6-3-9-4-7-6/h1-3,5H. The molecule has 2 nitrogen and oxygen atoms in total. The molecule has 45 valence electrons. The first kappa shape index (κ1) is 4.99. The molecule has 0 aliphatic heterocycles. The molecule has 1 aromatic rings. The van der Waals surface area contributed by atoms with Gasteiger partial charge in [-0.1, -0.05) is 0 Å². The topological polar surface area (TPSA) is 22.1 Å². The minimum atomic E-state index is 0.209. The van der Waals surface area contributed by atoms with E-state index in [2.05, 4.69) is 10.5 Å². The van der Waals surface area contributed by atoms with Crippen molar-refractivity contribution in [1.29, 1.82) is 0 Å². The van der Waals surface area contributed by atoms with Crippen LogP contribution in [0.1, 0.15) is 0 Å². The molecule has 0 spiro atoms. The second kappa shape index (κ2) is 1.84. The number of rotatable bonds is 2. The van der Waals surface area contributed by atoms with Crippen LogP contribution in [0.4, 0.5) is 0 Å². The van der Waals surface area contributed by atoms with Crippen molar-refractivity contribution in [2.45, 2.75) is 6.10 Å². The van der Waals surface area contributed by atoms with Gasteiger partial charge in [0.25, 0.3) is 0 Å². The van der Waals surface area contributed by atoms with Crippen molar-refractivity contribution >= 4 is 11.3 Å². The third-order valence-corrected chi connectivity index (χ3v) is 1.49. The molecule has 0 N–H and O–H groups in total. The third-order valence-electron chi connectivity index (χ3n) is 0.975. The number of aromatic nitrogens is 1. The van der Waals surface area contributed by atoms with Gasteiger partial charge in [0.05, 0.1) is 5.38 Å². The van der Waals surface area contributed by atoms with Crippen LogP contribution < -0.4 is 4.74 Å². The fourth-order valence-electron chi connectivity index (χ4n) is 0.492. The highest BCUT2D eigenvalue weighted by Crippen LogP contribution is 2.17. The Morgan fingerprint density at radius 1 is 1.67 bits per heavy atom. The van der Waals surface area contributed by atoms with Crippen molar-refractivity contribution in [1.82, 2.24) is 4.98 Å². The second-order valence-corrected chi connectivity index (χ2v) is 2.40. The molecule has 1 aliphatic carbocycles. The van der Waals surface area contributed by atoms with Crippen LogP contribution in [0.3, 0.4) is 0 Å². The van der Waals surface area contributed by atoms with Crippen molar-refractivity contribution in [3.05, 3.63) is 23.0 Å². The molecule has 2 rings (SSSR count). The average Bonchev–Trinajstić information content (AvgIpc) is 2.46. The molecule has 0 amide bonds. The monoisotopic (exact) mass is 138 g/mol. The number of ether oxygens (including phenoxy) is 1. The summed E-state index contributed by atoms with van der Waals surface area (Å²) in [6, 6.07) is 0. The molecule has 1 aromatic heterocycles. The van der Waals surface area contributed by atoms with Crippen LogP contribution in [0.5, 0.6) is 5.88 Å². The van der Waals surface area contributed by atoms with Gasteiger partial charge < -0.3 is 4.74 Å². The fraction of sp³-hybridized carbons (Fsp3) is 0.167. The molecule has 9 heavy (non-hydrogen) atoms. The van der Waals surface area contributed by atoms with Crippen molar-refractivity contribution in [2.75, 3.05) is 0 Å². The zero-order valence-corrected chi connectivity index (χ0v) is 5.39. The molecule has 1 radical (unpaired) electrons. The van der Waals surface area contributed by atoms with Gasteiger partial charge in [-0.15, -0.1) is 11.3 Å². The summed E-state index contributed by atoms with van der Waals surface area (Å²) in [5, 5.41) is 1.83. The van der Waals surface area contributed by atoms with E-state index in [0.29, 0.717) is 5.88 Å². The van der Waals surface area contributed by atoms with Crippen molar-refractivity contribution in [2.24, 2.45) is 0 Å². The maximum atomic E-state index is 5.22. The lowest BCUT2D eigenvalue weighted by atomic mass is 10.7. The molecule has 0 saturated heterocycles. The van der Waals surface area contributed by atoms with Crippen LogP contribution in [0.15, 0.2) is 17.5 Å². The Labute approximate surface area is 56.8 Å². The zero-order valence-electron chi connectivity index (χ0n) is 4.57. The van der Waals surface area contributed by atoms with Gasteiger partial charge in [0, 0.05) is 0 Å². The summed E-state index contributed by atoms with van der Waals surface area (Å²) in [7, 11) is 0. The van der Waals surface area contributed by atoms with Gasteiger partial charge in [0.1, 0.15) is 6.10 Å². The van der Waals surface area contributed by atoms with Crippen LogP contribution in [0.2, 0.25) is 0 Å². The van der Waals surface area contributed by atoms with Crippen LogP contribution >= 0.6 is 11.3 Å². The molecule has 0 aromatic carbocycles. The minimum absolute atomic E-state index is 0.209. The number of hydrogen-bond donors (Lipinski definition) is 0. The largest absolute Gasteiger partial charge is 0.465 e. The summed E-state index contributed by atoms with van der Waals surface area (Å²) in [4.78, 5) is 3.83. The second-order valence-electron chi connectivity index (χ2n) is 1.74. The Morgan fingerprint density at radius 2 is 2.56 bits per heavy atom. The maximum Gasteiger partial charge on any atom is 0.225 e. The van der Waals surface area contributed by atoms with E-state index >= 15 is 0 Å². The maximum absolute atomic E-state index is 5.22. The third kappa shape index (κ3) is 1.10. The van der Waals surface area contributed by atoms with Gasteiger partial charge in [-0.3, -0.25) is 0 Å². The van der Waals surface area contributed by atoms with Gasteiger partial charge in [-0.2, -0.15) is 4.98 Å². The van der Waals surface area contributed by atoms with Gasteiger partial charge in [-0.25, -0.2) is 0 Å². The number of hydrogen-bond acceptors (Lipinski definition) is 3. The van der Waals surface area contributed by atoms with Crippen LogP contribution in [-0.4, -0.2) is 11.1 Å². The van der Waals surface area contributed by atoms with Gasteiger partial charge >= 0.3 is 0 Å². The van der Waals surface area contributed by atoms with Gasteiger partial charge in [0.2, 0.25) is 5.88 Å². The Balaban J connectivity index is 1.99. The molecule has 1 heterocycles. The molecule has 0 saturated carbocycles. The van der Waals surface area contributed by atoms with Crippen molar-refractivity contribution in [3.63, 3.8) is 0 Å². The van der Waals surface area contributed by atoms with E-state index in [1.807, 2.05) is 17.5 Å². The summed E-state index contributed by atoms with van der Waals surface area (Å²) in [6.45, 7) is 0. The zero-order chi connectivity index (χ0) is 6.10. The molecule has 0 atom stereocenters. The van der Waals surface area contributed by atoms with Crippen LogP contribution in [0, 0.1) is 5.51 Å². The Morgan fingerprint density at radius 3 is 3.11 bits per heavy atom. The highest BCUT2D eigenvalue weighted by molar-refractivity contribution is 7.07. The summed E-state index contributed by atoms with van der Waals surface area (Å²) >= 11 is 1.42. The van der Waals surface area contributed by atoms with Gasteiger partial charge in [0.15, 0.2) is 5.51 Å². The van der Waals surface area contributed by atoms with E-state index in [4.69, 9.17) is 4.74 Å². The van der Waals surface area contributed by atoms with Gasteiger partial charge in [-0.05, 0) is 12.2 Å². The van der Waals surface area contributed by atoms with E-state index < -0.39 is 0 Å². The first-order valence-electron chi connectivity index (χ1n) is 2.62. The van der Waals surface area contributed by atoms with Crippen molar-refractivity contribution < 1.29 is 4.74 Å². The molecular weight excluding hydrogens is 134 g/mol. The highest BCUT2D eigenvalue weighted by Gasteiger charge is 2.12. The lowest BCUT2D eigenvalue weighted by Crippen LogP contribution is -1.96. The predicted octanol–water partition coefficient (Wildman–Crippen LogP) is 1.26. The Kier molecular flexibility index (Phi) is 1.02. The summed E-state index contributed by atoms with van der Waals surface area (Å²) in [5.41, 5.74) is 2.70. The molecule has 0 bridgehead atoms. The van der Waals surface area contributed by atoms with Crippen LogP contribution in [-0.2, 0) is 0 Å². The number of nitrogens with zero attached hydrogens (tertiary/aromatic N) is 1.